The molecule has 0 spiro atoms. The van der Waals surface area contributed by atoms with Crippen molar-refractivity contribution in [3.8, 4) is 0 Å². The minimum atomic E-state index is -0.731. The number of likely N-dealkylation sites (tertiary alicyclic amines) is 1. The highest BCUT2D eigenvalue weighted by molar-refractivity contribution is 6.31. The Labute approximate surface area is 109 Å². The lowest BCUT2D eigenvalue weighted by Gasteiger charge is -2.37. The number of piperidine rings is 1. The van der Waals surface area contributed by atoms with Gasteiger partial charge in [-0.3, -0.25) is 0 Å². The van der Waals surface area contributed by atoms with Gasteiger partial charge in [-0.25, -0.2) is 0 Å². The van der Waals surface area contributed by atoms with E-state index in [9.17, 15) is 5.11 Å². The van der Waals surface area contributed by atoms with Crippen molar-refractivity contribution >= 4 is 11.6 Å². The Morgan fingerprint density at radius 3 is 2.24 bits per heavy atom. The minimum Gasteiger partial charge on any atom is -0.385 e. The molecule has 0 aliphatic carbocycles. The van der Waals surface area contributed by atoms with Crippen molar-refractivity contribution in [2.75, 3.05) is 20.1 Å². The maximum Gasteiger partial charge on any atom is 0.0935 e. The Kier molecular flexibility index (Phi) is 5.44. The Hall–Kier alpha value is -0.570. The van der Waals surface area contributed by atoms with Crippen molar-refractivity contribution in [2.24, 2.45) is 0 Å². The highest BCUT2D eigenvalue weighted by Crippen LogP contribution is 2.36. The van der Waals surface area contributed by atoms with E-state index < -0.39 is 5.60 Å². The molecule has 3 heteroatoms. The molecule has 0 aromatic heterocycles. The second-order valence-electron chi connectivity index (χ2n) is 4.31. The summed E-state index contributed by atoms with van der Waals surface area (Å²) in [6, 6.07) is 7.59. The van der Waals surface area contributed by atoms with Crippen LogP contribution in [0.1, 0.15) is 32.3 Å². The number of rotatable bonds is 1. The molecule has 2 nitrogen and oxygen atoms in total. The van der Waals surface area contributed by atoms with Gasteiger partial charge < -0.3 is 10.0 Å². The van der Waals surface area contributed by atoms with Crippen molar-refractivity contribution in [3.63, 3.8) is 0 Å². The van der Waals surface area contributed by atoms with E-state index >= 15 is 0 Å². The van der Waals surface area contributed by atoms with Crippen LogP contribution in [-0.4, -0.2) is 30.1 Å². The predicted molar refractivity (Wildman–Crippen MR) is 73.4 cm³/mol. The molecule has 0 radical (unpaired) electrons. The average Bonchev–Trinajstić information content (AvgIpc) is 2.36. The molecule has 1 heterocycles. The molecule has 1 aromatic rings. The third-order valence-electron chi connectivity index (χ3n) is 3.19. The van der Waals surface area contributed by atoms with Crippen LogP contribution < -0.4 is 0 Å². The van der Waals surface area contributed by atoms with E-state index in [-0.39, 0.29) is 0 Å². The van der Waals surface area contributed by atoms with Crippen molar-refractivity contribution in [1.82, 2.24) is 4.90 Å². The van der Waals surface area contributed by atoms with E-state index in [1.54, 1.807) is 0 Å². The second-order valence-corrected chi connectivity index (χ2v) is 4.72. The molecule has 1 N–H and O–H groups in total. The van der Waals surface area contributed by atoms with E-state index in [2.05, 4.69) is 11.9 Å². The zero-order chi connectivity index (χ0) is 12.9. The summed E-state index contributed by atoms with van der Waals surface area (Å²) in [5, 5.41) is 11.2. The molecular weight excluding hydrogens is 234 g/mol. The van der Waals surface area contributed by atoms with Gasteiger partial charge in [-0.05, 0) is 26.0 Å². The molecule has 0 bridgehead atoms. The molecule has 1 aliphatic heterocycles. The summed E-state index contributed by atoms with van der Waals surface area (Å²) in [7, 11) is 2.08. The largest absolute Gasteiger partial charge is 0.385 e. The standard InChI is InChI=1S/C12H16ClNO.C2H6/c1-14-8-6-12(15,7-9-14)10-4-2-3-5-11(10)13;1-2/h2-5,15H,6-9H2,1H3;1-2H3. The molecule has 0 atom stereocenters. The molecule has 1 saturated heterocycles. The smallest absolute Gasteiger partial charge is 0.0935 e. The van der Waals surface area contributed by atoms with Crippen LogP contribution in [0.5, 0.6) is 0 Å². The molecule has 1 fully saturated rings. The normalized spacial score (nSPS) is 19.4. The van der Waals surface area contributed by atoms with E-state index in [4.69, 9.17) is 11.6 Å². The molecule has 17 heavy (non-hydrogen) atoms. The van der Waals surface area contributed by atoms with Crippen LogP contribution in [0.25, 0.3) is 0 Å². The van der Waals surface area contributed by atoms with Gasteiger partial charge in [-0.1, -0.05) is 43.6 Å². The fourth-order valence-corrected chi connectivity index (χ4v) is 2.41. The first-order chi connectivity index (χ1) is 8.12. The molecular formula is C14H22ClNO. The Morgan fingerprint density at radius 2 is 1.71 bits per heavy atom. The second kappa shape index (κ2) is 6.39. The Balaban J connectivity index is 0.000000686. The van der Waals surface area contributed by atoms with Gasteiger partial charge >= 0.3 is 0 Å². The van der Waals surface area contributed by atoms with E-state index in [1.807, 2.05) is 38.1 Å². The van der Waals surface area contributed by atoms with E-state index in [0.717, 1.165) is 31.5 Å². The van der Waals surface area contributed by atoms with Crippen LogP contribution in [0, 0.1) is 0 Å². The topological polar surface area (TPSA) is 23.5 Å². The van der Waals surface area contributed by atoms with Gasteiger partial charge in [-0.2, -0.15) is 0 Å². The first kappa shape index (κ1) is 14.5. The third-order valence-corrected chi connectivity index (χ3v) is 3.52. The van der Waals surface area contributed by atoms with Crippen LogP contribution in [0.2, 0.25) is 5.02 Å². The Morgan fingerprint density at radius 1 is 1.18 bits per heavy atom. The SMILES string of the molecule is CC.CN1CCC(O)(c2ccccc2Cl)CC1. The maximum absolute atomic E-state index is 10.5. The molecule has 0 saturated carbocycles. The summed E-state index contributed by atoms with van der Waals surface area (Å²) in [6.45, 7) is 5.84. The minimum absolute atomic E-state index is 0.671. The number of nitrogens with zero attached hydrogens (tertiary/aromatic N) is 1. The van der Waals surface area contributed by atoms with E-state index in [0.29, 0.717) is 5.02 Å². The molecule has 1 aromatic carbocycles. The molecule has 0 unspecified atom stereocenters. The fourth-order valence-electron chi connectivity index (χ4n) is 2.10. The monoisotopic (exact) mass is 255 g/mol. The molecule has 1 aliphatic rings. The van der Waals surface area contributed by atoms with Crippen molar-refractivity contribution in [1.29, 1.82) is 0 Å². The summed E-state index contributed by atoms with van der Waals surface area (Å²) in [5.41, 5.74) is 0.143. The quantitative estimate of drug-likeness (QED) is 0.833. The van der Waals surface area contributed by atoms with E-state index in [1.165, 1.54) is 0 Å². The van der Waals surface area contributed by atoms with Crippen molar-refractivity contribution < 1.29 is 5.11 Å². The average molecular weight is 256 g/mol. The van der Waals surface area contributed by atoms with Crippen LogP contribution in [0.3, 0.4) is 0 Å². The van der Waals surface area contributed by atoms with Crippen LogP contribution >= 0.6 is 11.6 Å². The van der Waals surface area contributed by atoms with Gasteiger partial charge in [0.05, 0.1) is 5.60 Å². The number of benzene rings is 1. The number of hydrogen-bond acceptors (Lipinski definition) is 2. The number of hydrogen-bond donors (Lipinski definition) is 1. The lowest BCUT2D eigenvalue weighted by Crippen LogP contribution is -2.40. The lowest BCUT2D eigenvalue weighted by atomic mass is 9.84. The van der Waals surface area contributed by atoms with Crippen molar-refractivity contribution in [2.45, 2.75) is 32.3 Å². The molecule has 96 valence electrons. The lowest BCUT2D eigenvalue weighted by molar-refractivity contribution is -0.0202. The van der Waals surface area contributed by atoms with Crippen LogP contribution in [-0.2, 0) is 5.60 Å². The summed E-state index contributed by atoms with van der Waals surface area (Å²) < 4.78 is 0. The first-order valence-electron chi connectivity index (χ1n) is 6.28. The van der Waals surface area contributed by atoms with Gasteiger partial charge in [0.1, 0.15) is 0 Å². The molecule has 2 rings (SSSR count). The Bertz CT molecular complexity index is 346. The summed E-state index contributed by atoms with van der Waals surface area (Å²) >= 11 is 6.11. The van der Waals surface area contributed by atoms with Gasteiger partial charge in [0.25, 0.3) is 0 Å². The number of halogens is 1. The summed E-state index contributed by atoms with van der Waals surface area (Å²) in [4.78, 5) is 2.23. The summed E-state index contributed by atoms with van der Waals surface area (Å²) in [6.07, 6.45) is 1.51. The number of aliphatic hydroxyl groups is 1. The first-order valence-corrected chi connectivity index (χ1v) is 6.65. The highest BCUT2D eigenvalue weighted by Gasteiger charge is 2.34. The van der Waals surface area contributed by atoms with Gasteiger partial charge in [0, 0.05) is 23.7 Å². The van der Waals surface area contributed by atoms with Gasteiger partial charge in [0.15, 0.2) is 0 Å². The van der Waals surface area contributed by atoms with Gasteiger partial charge in [0.2, 0.25) is 0 Å². The fraction of sp³-hybridized carbons (Fsp3) is 0.571. The third kappa shape index (κ3) is 3.44. The summed E-state index contributed by atoms with van der Waals surface area (Å²) in [5.74, 6) is 0. The van der Waals surface area contributed by atoms with Crippen LogP contribution in [0.15, 0.2) is 24.3 Å². The zero-order valence-electron chi connectivity index (χ0n) is 10.9. The van der Waals surface area contributed by atoms with Gasteiger partial charge in [-0.15, -0.1) is 0 Å². The maximum atomic E-state index is 10.5. The zero-order valence-corrected chi connectivity index (χ0v) is 11.7. The molecule has 0 amide bonds. The predicted octanol–water partition coefficient (Wildman–Crippen LogP) is 3.28. The van der Waals surface area contributed by atoms with Crippen molar-refractivity contribution in [3.05, 3.63) is 34.9 Å². The highest BCUT2D eigenvalue weighted by atomic mass is 35.5. The van der Waals surface area contributed by atoms with Crippen LogP contribution in [0.4, 0.5) is 0 Å².